The van der Waals surface area contributed by atoms with E-state index in [1.165, 1.54) is 5.56 Å². The normalized spacial score (nSPS) is 12.0. The molecule has 3 rings (SSSR count). The van der Waals surface area contributed by atoms with Crippen LogP contribution >= 0.6 is 11.6 Å². The van der Waals surface area contributed by atoms with E-state index in [-0.39, 0.29) is 10.6 Å². The molecule has 2 heterocycles. The summed E-state index contributed by atoms with van der Waals surface area (Å²) in [5, 5.41) is 0.334. The Morgan fingerprint density at radius 2 is 1.69 bits per heavy atom. The lowest BCUT2D eigenvalue weighted by Crippen LogP contribution is -2.41. The molecule has 4 nitrogen and oxygen atoms in total. The lowest BCUT2D eigenvalue weighted by molar-refractivity contribution is 0.358. The number of rotatable bonds is 4. The zero-order valence-corrected chi connectivity index (χ0v) is 18.6. The van der Waals surface area contributed by atoms with Crippen LogP contribution in [0.1, 0.15) is 26.3 Å². The predicted molar refractivity (Wildman–Crippen MR) is 127 cm³/mol. The van der Waals surface area contributed by atoms with Gasteiger partial charge in [0.2, 0.25) is 0 Å². The number of ether oxygens (including phenoxy) is 1. The van der Waals surface area contributed by atoms with Gasteiger partial charge in [-0.1, -0.05) is 55.3 Å². The van der Waals surface area contributed by atoms with Crippen molar-refractivity contribution >= 4 is 33.1 Å². The fraction of sp³-hybridized carbons (Fsp3) is 0.273. The highest BCUT2D eigenvalue weighted by Gasteiger charge is 2.34. The van der Waals surface area contributed by atoms with Gasteiger partial charge in [-0.2, -0.15) is 0 Å². The van der Waals surface area contributed by atoms with Crippen LogP contribution in [0.3, 0.4) is 0 Å². The van der Waals surface area contributed by atoms with Crippen molar-refractivity contribution in [3.63, 3.8) is 0 Å². The SMILES string of the molecule is BC(B)(c1ccnc(-c2cccc(-c3ccc(Cl)nc3N)c2OC)c1)C(C)(C)C. The molecule has 7 heteroatoms. The van der Waals surface area contributed by atoms with Gasteiger partial charge in [0.25, 0.3) is 0 Å². The first-order chi connectivity index (χ1) is 13.6. The molecule has 0 aliphatic rings. The molecule has 3 aromatic rings. The average Bonchev–Trinajstić information content (AvgIpc) is 2.66. The van der Waals surface area contributed by atoms with E-state index in [0.717, 1.165) is 22.4 Å². The molecule has 0 saturated carbocycles. The Morgan fingerprint density at radius 1 is 1.00 bits per heavy atom. The van der Waals surface area contributed by atoms with Crippen molar-refractivity contribution < 1.29 is 4.74 Å². The van der Waals surface area contributed by atoms with E-state index < -0.39 is 0 Å². The van der Waals surface area contributed by atoms with Crippen LogP contribution in [-0.4, -0.2) is 32.8 Å². The van der Waals surface area contributed by atoms with E-state index in [1.807, 2.05) is 30.5 Å². The summed E-state index contributed by atoms with van der Waals surface area (Å²) >= 11 is 5.97. The summed E-state index contributed by atoms with van der Waals surface area (Å²) in [6.07, 6.45) is 1.86. The molecule has 0 amide bonds. The molecule has 0 aliphatic heterocycles. The molecule has 2 N–H and O–H groups in total. The van der Waals surface area contributed by atoms with Crippen molar-refractivity contribution in [1.82, 2.24) is 9.97 Å². The second-order valence-corrected chi connectivity index (χ2v) is 9.15. The zero-order chi connectivity index (χ0) is 21.4. The molecule has 2 aromatic heterocycles. The fourth-order valence-electron chi connectivity index (χ4n) is 3.25. The van der Waals surface area contributed by atoms with E-state index >= 15 is 0 Å². The highest BCUT2D eigenvalue weighted by atomic mass is 35.5. The number of nitrogens with two attached hydrogens (primary N) is 1. The molecule has 0 spiro atoms. The van der Waals surface area contributed by atoms with Crippen LogP contribution in [0.25, 0.3) is 22.4 Å². The number of halogens is 1. The smallest absolute Gasteiger partial charge is 0.136 e. The van der Waals surface area contributed by atoms with E-state index in [1.54, 1.807) is 13.2 Å². The summed E-state index contributed by atoms with van der Waals surface area (Å²) in [6, 6.07) is 13.8. The minimum atomic E-state index is -0.0277. The molecule has 0 fully saturated rings. The number of benzene rings is 1. The van der Waals surface area contributed by atoms with Crippen molar-refractivity contribution in [2.75, 3.05) is 12.8 Å². The Kier molecular flexibility index (Phi) is 5.68. The Hall–Kier alpha value is -2.46. The van der Waals surface area contributed by atoms with Gasteiger partial charge in [-0.15, -0.1) is 0 Å². The standard InChI is InChI=1S/C22H26B2ClN3O/c1-21(2,3)22(23,24)13-10-11-27-17(12-13)16-7-5-6-14(19(16)29-4)15-8-9-18(25)28-20(15)26/h5-12H,23-24H2,1-4H3,(H2,26,28). The minimum Gasteiger partial charge on any atom is -0.495 e. The summed E-state index contributed by atoms with van der Waals surface area (Å²) < 4.78 is 5.81. The molecule has 148 valence electrons. The molecular weight excluding hydrogens is 379 g/mol. The van der Waals surface area contributed by atoms with Crippen LogP contribution in [0.4, 0.5) is 5.82 Å². The Bertz CT molecular complexity index is 1050. The van der Waals surface area contributed by atoms with Crippen LogP contribution in [0.5, 0.6) is 5.75 Å². The number of aromatic nitrogens is 2. The van der Waals surface area contributed by atoms with Gasteiger partial charge in [0.15, 0.2) is 0 Å². The second kappa shape index (κ2) is 7.75. The number of anilines is 1. The first-order valence-corrected chi connectivity index (χ1v) is 10.0. The van der Waals surface area contributed by atoms with Gasteiger partial charge in [0.05, 0.1) is 12.8 Å². The molecule has 0 radical (unpaired) electrons. The number of hydrogen-bond acceptors (Lipinski definition) is 4. The van der Waals surface area contributed by atoms with Crippen LogP contribution in [0, 0.1) is 5.41 Å². The Balaban J connectivity index is 2.17. The topological polar surface area (TPSA) is 61.0 Å². The summed E-state index contributed by atoms with van der Waals surface area (Å²) in [6.45, 7) is 6.76. The summed E-state index contributed by atoms with van der Waals surface area (Å²) in [7, 11) is 6.19. The molecule has 0 unspecified atom stereocenters. The van der Waals surface area contributed by atoms with E-state index in [4.69, 9.17) is 22.1 Å². The van der Waals surface area contributed by atoms with Crippen LogP contribution in [-0.2, 0) is 5.21 Å². The van der Waals surface area contributed by atoms with Crippen molar-refractivity contribution in [2.24, 2.45) is 5.41 Å². The minimum absolute atomic E-state index is 0.0277. The predicted octanol–water partition coefficient (Wildman–Crippen LogP) is 3.52. The highest BCUT2D eigenvalue weighted by Crippen LogP contribution is 2.42. The van der Waals surface area contributed by atoms with Crippen molar-refractivity contribution in [3.05, 3.63) is 59.4 Å². The number of pyridine rings is 2. The number of hydrogen-bond donors (Lipinski definition) is 1. The summed E-state index contributed by atoms with van der Waals surface area (Å²) in [5.41, 5.74) is 10.9. The van der Waals surface area contributed by atoms with Crippen molar-refractivity contribution in [3.8, 4) is 28.1 Å². The van der Waals surface area contributed by atoms with Gasteiger partial charge in [-0.25, -0.2) is 4.98 Å². The fourth-order valence-corrected chi connectivity index (χ4v) is 3.40. The first-order valence-electron chi connectivity index (χ1n) is 9.62. The number of methoxy groups -OCH3 is 1. The monoisotopic (exact) mass is 405 g/mol. The first kappa shape index (κ1) is 21.3. The maximum atomic E-state index is 6.13. The molecule has 29 heavy (non-hydrogen) atoms. The third kappa shape index (κ3) is 3.99. The largest absolute Gasteiger partial charge is 0.495 e. The molecule has 0 atom stereocenters. The van der Waals surface area contributed by atoms with Crippen molar-refractivity contribution in [1.29, 1.82) is 0 Å². The lowest BCUT2D eigenvalue weighted by atomic mass is 9.41. The molecule has 0 saturated heterocycles. The molecule has 0 bridgehead atoms. The van der Waals surface area contributed by atoms with Gasteiger partial charge in [-0.05, 0) is 35.7 Å². The van der Waals surface area contributed by atoms with Crippen LogP contribution in [0.2, 0.25) is 5.15 Å². The number of nitrogen functional groups attached to an aromatic ring is 1. The summed E-state index contributed by atoms with van der Waals surface area (Å²) in [5.74, 6) is 1.07. The lowest BCUT2D eigenvalue weighted by Gasteiger charge is -2.40. The van der Waals surface area contributed by atoms with Gasteiger partial charge in [0.1, 0.15) is 32.4 Å². The maximum absolute atomic E-state index is 6.13. The quantitative estimate of drug-likeness (QED) is 0.533. The van der Waals surface area contributed by atoms with E-state index in [2.05, 4.69) is 58.6 Å². The highest BCUT2D eigenvalue weighted by molar-refractivity contribution is 6.40. The van der Waals surface area contributed by atoms with E-state index in [0.29, 0.717) is 16.7 Å². The molecular formula is C22H26B2ClN3O. The molecule has 1 aromatic carbocycles. The third-order valence-electron chi connectivity index (χ3n) is 6.03. The van der Waals surface area contributed by atoms with E-state index in [9.17, 15) is 0 Å². The maximum Gasteiger partial charge on any atom is 0.136 e. The average molecular weight is 406 g/mol. The van der Waals surface area contributed by atoms with Gasteiger partial charge >= 0.3 is 0 Å². The van der Waals surface area contributed by atoms with Crippen LogP contribution in [0.15, 0.2) is 48.7 Å². The van der Waals surface area contributed by atoms with Crippen molar-refractivity contribution in [2.45, 2.75) is 26.0 Å². The summed E-state index contributed by atoms with van der Waals surface area (Å²) in [4.78, 5) is 8.81. The number of para-hydroxylation sites is 1. The molecule has 0 aliphatic carbocycles. The Morgan fingerprint density at radius 3 is 2.31 bits per heavy atom. The third-order valence-corrected chi connectivity index (χ3v) is 6.24. The second-order valence-electron chi connectivity index (χ2n) is 8.76. The van der Waals surface area contributed by atoms with Gasteiger partial charge in [0, 0.05) is 22.9 Å². The number of nitrogens with zero attached hydrogens (tertiary/aromatic N) is 2. The zero-order valence-electron chi connectivity index (χ0n) is 17.9. The van der Waals surface area contributed by atoms with Gasteiger partial charge in [-0.3, -0.25) is 4.98 Å². The van der Waals surface area contributed by atoms with Crippen LogP contribution < -0.4 is 10.5 Å². The van der Waals surface area contributed by atoms with Gasteiger partial charge < -0.3 is 10.5 Å². The Labute approximate surface area is 179 Å².